The number of carboxylic acids is 1. The Bertz CT molecular complexity index is 904. The molecule has 4 rings (SSSR count). The van der Waals surface area contributed by atoms with Gasteiger partial charge in [0.05, 0.1) is 5.52 Å². The minimum absolute atomic E-state index is 0.0432. The number of nitrogens with two attached hydrogens (primary N) is 1. The second-order valence-electron chi connectivity index (χ2n) is 6.59. The maximum absolute atomic E-state index is 13.6. The highest BCUT2D eigenvalue weighted by atomic mass is 19.1. The van der Waals surface area contributed by atoms with E-state index in [1.807, 2.05) is 9.47 Å². The second kappa shape index (κ2) is 5.31. The molecule has 2 fully saturated rings. The number of pyridine rings is 1. The van der Waals surface area contributed by atoms with E-state index in [9.17, 15) is 19.1 Å². The van der Waals surface area contributed by atoms with E-state index < -0.39 is 17.2 Å². The van der Waals surface area contributed by atoms with Crippen molar-refractivity contribution in [2.75, 3.05) is 18.0 Å². The standard InChI is InChI=1S/C17H18FN3O3/c18-9-1-4-13-12(7-9)15(22)14(17(23)24)16(21(13)11-2-3-11)20-6-5-10(19)8-20/h1,4,7,10-11H,2-3,5-6,8,19H2,(H,23,24). The van der Waals surface area contributed by atoms with Crippen LogP contribution in [-0.4, -0.2) is 34.8 Å². The highest BCUT2D eigenvalue weighted by molar-refractivity contribution is 5.98. The van der Waals surface area contributed by atoms with Crippen LogP contribution < -0.4 is 16.1 Å². The largest absolute Gasteiger partial charge is 0.477 e. The molecule has 0 radical (unpaired) electrons. The highest BCUT2D eigenvalue weighted by Crippen LogP contribution is 2.42. The number of carboxylic acid groups (broad SMARTS) is 1. The molecule has 0 spiro atoms. The van der Waals surface area contributed by atoms with Crippen LogP contribution in [0.1, 0.15) is 35.7 Å². The molecule has 1 saturated heterocycles. The summed E-state index contributed by atoms with van der Waals surface area (Å²) in [7, 11) is 0. The van der Waals surface area contributed by atoms with Crippen molar-refractivity contribution < 1.29 is 14.3 Å². The Morgan fingerprint density at radius 2 is 2.04 bits per heavy atom. The summed E-state index contributed by atoms with van der Waals surface area (Å²) in [5, 5.41) is 9.78. The summed E-state index contributed by atoms with van der Waals surface area (Å²) in [6.07, 6.45) is 2.59. The van der Waals surface area contributed by atoms with Gasteiger partial charge in [-0.1, -0.05) is 0 Å². The lowest BCUT2D eigenvalue weighted by molar-refractivity contribution is 0.0695. The molecule has 1 aliphatic heterocycles. The number of fused-ring (bicyclic) bond motifs is 1. The predicted octanol–water partition coefficient (Wildman–Crippen LogP) is 1.71. The van der Waals surface area contributed by atoms with E-state index >= 15 is 0 Å². The van der Waals surface area contributed by atoms with Gasteiger partial charge in [-0.25, -0.2) is 9.18 Å². The van der Waals surface area contributed by atoms with E-state index in [0.29, 0.717) is 24.4 Å². The van der Waals surface area contributed by atoms with Crippen molar-refractivity contribution in [3.05, 3.63) is 39.8 Å². The molecular formula is C17H18FN3O3. The second-order valence-corrected chi connectivity index (χ2v) is 6.59. The van der Waals surface area contributed by atoms with Crippen LogP contribution in [-0.2, 0) is 0 Å². The van der Waals surface area contributed by atoms with E-state index in [-0.39, 0.29) is 23.0 Å². The van der Waals surface area contributed by atoms with Crippen molar-refractivity contribution in [3.8, 4) is 0 Å². The Hall–Kier alpha value is -2.41. The fourth-order valence-corrected chi connectivity index (χ4v) is 3.56. The van der Waals surface area contributed by atoms with Crippen LogP contribution in [0.4, 0.5) is 10.2 Å². The zero-order valence-corrected chi connectivity index (χ0v) is 13.0. The van der Waals surface area contributed by atoms with E-state index in [1.54, 1.807) is 6.07 Å². The maximum Gasteiger partial charge on any atom is 0.343 e. The summed E-state index contributed by atoms with van der Waals surface area (Å²) in [4.78, 5) is 26.5. The number of rotatable bonds is 3. The maximum atomic E-state index is 13.6. The van der Waals surface area contributed by atoms with Gasteiger partial charge in [0.1, 0.15) is 17.2 Å². The van der Waals surface area contributed by atoms with E-state index in [1.165, 1.54) is 6.07 Å². The van der Waals surface area contributed by atoms with Crippen LogP contribution >= 0.6 is 0 Å². The molecule has 2 aliphatic rings. The van der Waals surface area contributed by atoms with Crippen molar-refractivity contribution in [2.45, 2.75) is 31.3 Å². The van der Waals surface area contributed by atoms with Crippen LogP contribution in [0.5, 0.6) is 0 Å². The highest BCUT2D eigenvalue weighted by Gasteiger charge is 2.35. The molecule has 1 aliphatic carbocycles. The van der Waals surface area contributed by atoms with Crippen molar-refractivity contribution in [1.29, 1.82) is 0 Å². The fraction of sp³-hybridized carbons (Fsp3) is 0.412. The first kappa shape index (κ1) is 15.1. The summed E-state index contributed by atoms with van der Waals surface area (Å²) in [6, 6.07) is 4.10. The molecule has 7 heteroatoms. The molecule has 0 amide bonds. The SMILES string of the molecule is NC1CCN(c2c(C(=O)O)c(=O)c3cc(F)ccc3n2C2CC2)C1. The van der Waals surface area contributed by atoms with Gasteiger partial charge >= 0.3 is 5.97 Å². The summed E-state index contributed by atoms with van der Waals surface area (Å²) in [5.41, 5.74) is 5.64. The van der Waals surface area contributed by atoms with E-state index in [2.05, 4.69) is 0 Å². The molecule has 2 aromatic rings. The number of aromatic carboxylic acids is 1. The van der Waals surface area contributed by atoms with Gasteiger partial charge in [-0.05, 0) is 37.5 Å². The quantitative estimate of drug-likeness (QED) is 0.894. The van der Waals surface area contributed by atoms with Crippen LogP contribution in [0.15, 0.2) is 23.0 Å². The minimum atomic E-state index is -1.28. The number of carbonyl (C=O) groups is 1. The van der Waals surface area contributed by atoms with Crippen LogP contribution in [0.25, 0.3) is 10.9 Å². The van der Waals surface area contributed by atoms with E-state index in [4.69, 9.17) is 5.73 Å². The topological polar surface area (TPSA) is 88.6 Å². The molecule has 2 heterocycles. The third kappa shape index (κ3) is 2.27. The molecule has 6 nitrogen and oxygen atoms in total. The monoisotopic (exact) mass is 331 g/mol. The number of anilines is 1. The Morgan fingerprint density at radius 3 is 2.62 bits per heavy atom. The van der Waals surface area contributed by atoms with Crippen molar-refractivity contribution in [3.63, 3.8) is 0 Å². The normalized spacial score (nSPS) is 20.8. The molecule has 3 N–H and O–H groups in total. The Kier molecular flexibility index (Phi) is 3.35. The molecule has 1 unspecified atom stereocenters. The van der Waals surface area contributed by atoms with Gasteiger partial charge in [-0.15, -0.1) is 0 Å². The fourth-order valence-electron chi connectivity index (χ4n) is 3.56. The number of benzene rings is 1. The van der Waals surface area contributed by atoms with Gasteiger partial charge in [0.2, 0.25) is 5.43 Å². The zero-order chi connectivity index (χ0) is 17.0. The number of nitrogens with zero attached hydrogens (tertiary/aromatic N) is 2. The lowest BCUT2D eigenvalue weighted by atomic mass is 10.1. The molecule has 1 aromatic carbocycles. The lowest BCUT2D eigenvalue weighted by Gasteiger charge is -2.26. The summed E-state index contributed by atoms with van der Waals surface area (Å²) >= 11 is 0. The molecule has 0 bridgehead atoms. The smallest absolute Gasteiger partial charge is 0.343 e. The Labute approximate surface area is 137 Å². The lowest BCUT2D eigenvalue weighted by Crippen LogP contribution is -2.33. The average Bonchev–Trinajstić information content (AvgIpc) is 3.28. The number of aromatic nitrogens is 1. The Balaban J connectivity index is 2.09. The van der Waals surface area contributed by atoms with Gasteiger partial charge < -0.3 is 20.3 Å². The molecule has 1 atom stereocenters. The number of halogens is 1. The minimum Gasteiger partial charge on any atom is -0.477 e. The first-order chi connectivity index (χ1) is 11.5. The molecule has 24 heavy (non-hydrogen) atoms. The molecule has 126 valence electrons. The van der Waals surface area contributed by atoms with Crippen LogP contribution in [0, 0.1) is 5.82 Å². The van der Waals surface area contributed by atoms with Gasteiger partial charge in [0, 0.05) is 30.6 Å². The molecule has 1 aromatic heterocycles. The summed E-state index contributed by atoms with van der Waals surface area (Å²) in [5.74, 6) is -1.41. The average molecular weight is 331 g/mol. The van der Waals surface area contributed by atoms with Gasteiger partial charge in [-0.2, -0.15) is 0 Å². The summed E-state index contributed by atoms with van der Waals surface area (Å²) in [6.45, 7) is 1.12. The molecule has 1 saturated carbocycles. The third-order valence-electron chi connectivity index (χ3n) is 4.79. The zero-order valence-electron chi connectivity index (χ0n) is 13.0. The van der Waals surface area contributed by atoms with Crippen molar-refractivity contribution in [1.82, 2.24) is 4.57 Å². The van der Waals surface area contributed by atoms with Gasteiger partial charge in [0.15, 0.2) is 0 Å². The van der Waals surface area contributed by atoms with E-state index in [0.717, 1.165) is 25.3 Å². The first-order valence-electron chi connectivity index (χ1n) is 8.09. The third-order valence-corrected chi connectivity index (χ3v) is 4.79. The van der Waals surface area contributed by atoms with Gasteiger partial charge in [-0.3, -0.25) is 4.79 Å². The number of hydrogen-bond acceptors (Lipinski definition) is 4. The molecular weight excluding hydrogens is 313 g/mol. The number of hydrogen-bond donors (Lipinski definition) is 2. The van der Waals surface area contributed by atoms with Crippen molar-refractivity contribution in [2.24, 2.45) is 5.73 Å². The van der Waals surface area contributed by atoms with Gasteiger partial charge in [0.25, 0.3) is 0 Å². The van der Waals surface area contributed by atoms with Crippen molar-refractivity contribution >= 4 is 22.7 Å². The summed E-state index contributed by atoms with van der Waals surface area (Å²) < 4.78 is 15.5. The first-order valence-corrected chi connectivity index (χ1v) is 8.09. The Morgan fingerprint density at radius 1 is 1.29 bits per heavy atom. The van der Waals surface area contributed by atoms with Crippen LogP contribution in [0.3, 0.4) is 0 Å². The van der Waals surface area contributed by atoms with Crippen LogP contribution in [0.2, 0.25) is 0 Å². The predicted molar refractivity (Wildman–Crippen MR) is 88.2 cm³/mol.